The fourth-order valence-electron chi connectivity index (χ4n) is 3.08. The third-order valence-electron chi connectivity index (χ3n) is 4.08. The van der Waals surface area contributed by atoms with Crippen LogP contribution in [0.25, 0.3) is 0 Å². The zero-order chi connectivity index (χ0) is 16.4. The van der Waals surface area contributed by atoms with Crippen molar-refractivity contribution in [1.82, 2.24) is 5.32 Å². The van der Waals surface area contributed by atoms with Crippen LogP contribution >= 0.6 is 0 Å². The molecule has 5 heteroatoms. The van der Waals surface area contributed by atoms with Crippen molar-refractivity contribution in [1.29, 1.82) is 0 Å². The zero-order valence-electron chi connectivity index (χ0n) is 13.2. The second-order valence-electron chi connectivity index (χ2n) is 5.40. The third kappa shape index (κ3) is 2.88. The molecular weight excluding hydrogens is 300 g/mol. The van der Waals surface area contributed by atoms with Crippen LogP contribution in [0.15, 0.2) is 30.3 Å². The van der Waals surface area contributed by atoms with Gasteiger partial charge < -0.3 is 14.8 Å². The van der Waals surface area contributed by atoms with Gasteiger partial charge in [0.2, 0.25) is 0 Å². The highest BCUT2D eigenvalue weighted by Crippen LogP contribution is 2.40. The van der Waals surface area contributed by atoms with Gasteiger partial charge in [0.05, 0.1) is 19.8 Å². The third-order valence-corrected chi connectivity index (χ3v) is 4.08. The predicted molar refractivity (Wildman–Crippen MR) is 84.1 cm³/mol. The average Bonchev–Trinajstić information content (AvgIpc) is 2.55. The number of fused-ring (bicyclic) bond motifs is 1. The van der Waals surface area contributed by atoms with Crippen molar-refractivity contribution in [2.45, 2.75) is 19.4 Å². The molecule has 1 heterocycles. The molecule has 1 atom stereocenters. The molecule has 0 saturated heterocycles. The minimum absolute atomic E-state index is 0.329. The average molecular weight is 319 g/mol. The molecule has 1 N–H and O–H groups in total. The quantitative estimate of drug-likeness (QED) is 0.934. The molecule has 1 aliphatic heterocycles. The maximum atomic E-state index is 14.2. The first-order valence-corrected chi connectivity index (χ1v) is 7.66. The van der Waals surface area contributed by atoms with E-state index in [-0.39, 0.29) is 6.04 Å². The molecular formula is C18H19F2NO2. The Kier molecular flexibility index (Phi) is 4.48. The van der Waals surface area contributed by atoms with Crippen LogP contribution in [0, 0.1) is 11.6 Å². The van der Waals surface area contributed by atoms with Gasteiger partial charge in [-0.3, -0.25) is 0 Å². The summed E-state index contributed by atoms with van der Waals surface area (Å²) >= 11 is 0. The molecule has 0 bridgehead atoms. The van der Waals surface area contributed by atoms with E-state index in [2.05, 4.69) is 5.32 Å². The van der Waals surface area contributed by atoms with Gasteiger partial charge in [-0.25, -0.2) is 8.78 Å². The summed E-state index contributed by atoms with van der Waals surface area (Å²) in [5.41, 5.74) is 2.38. The molecule has 0 spiro atoms. The van der Waals surface area contributed by atoms with Gasteiger partial charge in [-0.15, -0.1) is 0 Å². The first-order valence-electron chi connectivity index (χ1n) is 7.66. The van der Waals surface area contributed by atoms with Crippen LogP contribution < -0.4 is 14.8 Å². The lowest BCUT2D eigenvalue weighted by molar-refractivity contribution is 0.305. The van der Waals surface area contributed by atoms with Gasteiger partial charge in [-0.1, -0.05) is 12.1 Å². The van der Waals surface area contributed by atoms with Crippen LogP contribution in [-0.2, 0) is 6.42 Å². The van der Waals surface area contributed by atoms with Crippen LogP contribution in [0.3, 0.4) is 0 Å². The highest BCUT2D eigenvalue weighted by atomic mass is 19.1. The Labute approximate surface area is 134 Å². The SMILES string of the molecule is CCOc1c(OC)ccc2c1CCNC2c1ccc(F)cc1F. The number of ether oxygens (including phenoxy) is 2. The van der Waals surface area contributed by atoms with E-state index in [1.807, 2.05) is 19.1 Å². The van der Waals surface area contributed by atoms with E-state index in [4.69, 9.17) is 9.47 Å². The van der Waals surface area contributed by atoms with Gasteiger partial charge in [0.25, 0.3) is 0 Å². The zero-order valence-corrected chi connectivity index (χ0v) is 13.2. The summed E-state index contributed by atoms with van der Waals surface area (Å²) < 4.78 is 38.5. The molecule has 0 fully saturated rings. The van der Waals surface area contributed by atoms with E-state index in [0.717, 1.165) is 23.6 Å². The number of hydrogen-bond acceptors (Lipinski definition) is 3. The molecule has 23 heavy (non-hydrogen) atoms. The minimum atomic E-state index is -0.577. The van der Waals surface area contributed by atoms with Gasteiger partial charge in [0.15, 0.2) is 11.5 Å². The lowest BCUT2D eigenvalue weighted by Crippen LogP contribution is -2.31. The molecule has 2 aromatic carbocycles. The van der Waals surface area contributed by atoms with E-state index in [0.29, 0.717) is 30.2 Å². The summed E-state index contributed by atoms with van der Waals surface area (Å²) in [6.07, 6.45) is 0.765. The van der Waals surface area contributed by atoms with Crippen molar-refractivity contribution in [3.63, 3.8) is 0 Å². The minimum Gasteiger partial charge on any atom is -0.493 e. The van der Waals surface area contributed by atoms with Crippen molar-refractivity contribution < 1.29 is 18.3 Å². The van der Waals surface area contributed by atoms with Gasteiger partial charge in [0.1, 0.15) is 11.6 Å². The molecule has 0 aromatic heterocycles. The van der Waals surface area contributed by atoms with Crippen LogP contribution in [0.1, 0.15) is 29.7 Å². The highest BCUT2D eigenvalue weighted by Gasteiger charge is 2.27. The molecule has 2 aromatic rings. The standard InChI is InChI=1S/C18H19F2NO2/c1-3-23-18-13-8-9-21-17(12(13)6-7-16(18)22-2)14-5-4-11(19)10-15(14)20/h4-7,10,17,21H,3,8-9H2,1-2H3. The van der Waals surface area contributed by atoms with Gasteiger partial charge in [-0.05, 0) is 31.0 Å². The van der Waals surface area contributed by atoms with E-state index < -0.39 is 11.6 Å². The Morgan fingerprint density at radius 1 is 1.17 bits per heavy atom. The Hall–Kier alpha value is -2.14. The molecule has 3 nitrogen and oxygen atoms in total. The Balaban J connectivity index is 2.10. The number of methoxy groups -OCH3 is 1. The summed E-state index contributed by atoms with van der Waals surface area (Å²) in [6, 6.07) is 7.09. The summed E-state index contributed by atoms with van der Waals surface area (Å²) in [5.74, 6) is 0.253. The van der Waals surface area contributed by atoms with Crippen molar-refractivity contribution in [2.24, 2.45) is 0 Å². The fraction of sp³-hybridized carbons (Fsp3) is 0.333. The lowest BCUT2D eigenvalue weighted by atomic mass is 9.88. The van der Waals surface area contributed by atoms with Crippen molar-refractivity contribution in [3.8, 4) is 11.5 Å². The second kappa shape index (κ2) is 6.54. The number of halogens is 2. The van der Waals surface area contributed by atoms with E-state index >= 15 is 0 Å². The maximum absolute atomic E-state index is 14.2. The summed E-state index contributed by atoms with van der Waals surface area (Å²) in [7, 11) is 1.60. The Bertz CT molecular complexity index is 718. The number of nitrogens with one attached hydrogen (secondary N) is 1. The van der Waals surface area contributed by atoms with Crippen LogP contribution in [0.4, 0.5) is 8.78 Å². The molecule has 0 amide bonds. The summed E-state index contributed by atoms with van der Waals surface area (Å²) in [4.78, 5) is 0. The molecule has 1 aliphatic rings. The monoisotopic (exact) mass is 319 g/mol. The number of hydrogen-bond donors (Lipinski definition) is 1. The maximum Gasteiger partial charge on any atom is 0.164 e. The van der Waals surface area contributed by atoms with E-state index in [1.54, 1.807) is 7.11 Å². The smallest absolute Gasteiger partial charge is 0.164 e. The first-order chi connectivity index (χ1) is 11.2. The van der Waals surface area contributed by atoms with E-state index in [1.165, 1.54) is 12.1 Å². The van der Waals surface area contributed by atoms with Crippen molar-refractivity contribution in [3.05, 3.63) is 58.7 Å². The van der Waals surface area contributed by atoms with Gasteiger partial charge in [0, 0.05) is 23.7 Å². The van der Waals surface area contributed by atoms with Crippen molar-refractivity contribution >= 4 is 0 Å². The van der Waals surface area contributed by atoms with Crippen LogP contribution in [-0.4, -0.2) is 20.3 Å². The highest BCUT2D eigenvalue weighted by molar-refractivity contribution is 5.54. The Morgan fingerprint density at radius 3 is 2.65 bits per heavy atom. The summed E-state index contributed by atoms with van der Waals surface area (Å²) in [5, 5.41) is 3.30. The molecule has 0 radical (unpaired) electrons. The second-order valence-corrected chi connectivity index (χ2v) is 5.40. The van der Waals surface area contributed by atoms with Crippen LogP contribution in [0.2, 0.25) is 0 Å². The lowest BCUT2D eigenvalue weighted by Gasteiger charge is -2.29. The Morgan fingerprint density at radius 2 is 1.96 bits per heavy atom. The van der Waals surface area contributed by atoms with Gasteiger partial charge in [-0.2, -0.15) is 0 Å². The fourth-order valence-corrected chi connectivity index (χ4v) is 3.08. The predicted octanol–water partition coefficient (Wildman–Crippen LogP) is 3.61. The normalized spacial score (nSPS) is 16.8. The largest absolute Gasteiger partial charge is 0.493 e. The molecule has 0 aliphatic carbocycles. The number of benzene rings is 2. The van der Waals surface area contributed by atoms with E-state index in [9.17, 15) is 8.78 Å². The molecule has 1 unspecified atom stereocenters. The van der Waals surface area contributed by atoms with Crippen molar-refractivity contribution in [2.75, 3.05) is 20.3 Å². The number of rotatable bonds is 4. The van der Waals surface area contributed by atoms with Crippen LogP contribution in [0.5, 0.6) is 11.5 Å². The molecule has 3 rings (SSSR count). The summed E-state index contributed by atoms with van der Waals surface area (Å²) in [6.45, 7) is 3.12. The first kappa shape index (κ1) is 15.7. The topological polar surface area (TPSA) is 30.5 Å². The molecule has 122 valence electrons. The van der Waals surface area contributed by atoms with Gasteiger partial charge >= 0.3 is 0 Å². The molecule has 0 saturated carbocycles.